The van der Waals surface area contributed by atoms with Crippen LogP contribution >= 0.6 is 15.9 Å². The molecule has 1 aliphatic rings. The lowest BCUT2D eigenvalue weighted by molar-refractivity contribution is 0.155. The first kappa shape index (κ1) is 14.8. The van der Waals surface area contributed by atoms with E-state index < -0.39 is 6.09 Å². The van der Waals surface area contributed by atoms with E-state index in [0.29, 0.717) is 40.7 Å². The summed E-state index contributed by atoms with van der Waals surface area (Å²) in [6.07, 6.45) is 2.78. The first-order chi connectivity index (χ1) is 10.5. The normalized spacial score (nSPS) is 17.9. The SMILES string of the molecule is Cn1cnc2c(Br)cnc(N[C@H]3CCN(C(=O)O)C3)c2c1=O. The van der Waals surface area contributed by atoms with Crippen LogP contribution in [0.25, 0.3) is 10.9 Å². The van der Waals surface area contributed by atoms with Crippen LogP contribution in [0.4, 0.5) is 10.6 Å². The van der Waals surface area contributed by atoms with E-state index in [1.807, 2.05) is 0 Å². The molecule has 22 heavy (non-hydrogen) atoms. The number of aryl methyl sites for hydroxylation is 1. The fourth-order valence-electron chi connectivity index (χ4n) is 2.54. The number of nitrogens with zero attached hydrogens (tertiary/aromatic N) is 4. The Morgan fingerprint density at radius 2 is 2.27 bits per heavy atom. The fraction of sp³-hybridized carbons (Fsp3) is 0.385. The smallest absolute Gasteiger partial charge is 0.407 e. The zero-order chi connectivity index (χ0) is 15.9. The van der Waals surface area contributed by atoms with E-state index >= 15 is 0 Å². The van der Waals surface area contributed by atoms with Crippen LogP contribution in [-0.4, -0.2) is 49.8 Å². The molecule has 1 fully saturated rings. The molecule has 0 radical (unpaired) electrons. The van der Waals surface area contributed by atoms with Gasteiger partial charge in [0.15, 0.2) is 0 Å². The number of hydrogen-bond acceptors (Lipinski definition) is 5. The van der Waals surface area contributed by atoms with Crippen molar-refractivity contribution in [2.45, 2.75) is 12.5 Å². The number of pyridine rings is 1. The molecular formula is C13H14BrN5O3. The summed E-state index contributed by atoms with van der Waals surface area (Å²) in [7, 11) is 1.63. The Bertz CT molecular complexity index is 806. The second-order valence-corrected chi connectivity index (χ2v) is 6.05. The van der Waals surface area contributed by atoms with Gasteiger partial charge in [-0.3, -0.25) is 4.79 Å². The van der Waals surface area contributed by atoms with Crippen LogP contribution in [0, 0.1) is 0 Å². The Hall–Kier alpha value is -2.16. The Labute approximate surface area is 133 Å². The Morgan fingerprint density at radius 1 is 1.50 bits per heavy atom. The number of fused-ring (bicyclic) bond motifs is 1. The summed E-state index contributed by atoms with van der Waals surface area (Å²) in [6, 6.07) is -0.0714. The molecule has 2 aromatic heterocycles. The number of hydrogen-bond donors (Lipinski definition) is 2. The molecule has 9 heteroatoms. The van der Waals surface area contributed by atoms with Crippen LogP contribution < -0.4 is 10.9 Å². The highest BCUT2D eigenvalue weighted by Crippen LogP contribution is 2.25. The van der Waals surface area contributed by atoms with Crippen molar-refractivity contribution in [2.24, 2.45) is 7.05 Å². The van der Waals surface area contributed by atoms with Crippen molar-refractivity contribution in [3.05, 3.63) is 27.4 Å². The third kappa shape index (κ3) is 2.52. The lowest BCUT2D eigenvalue weighted by atomic mass is 10.2. The molecular weight excluding hydrogens is 354 g/mol. The summed E-state index contributed by atoms with van der Waals surface area (Å²) in [5, 5.41) is 12.6. The monoisotopic (exact) mass is 367 g/mol. The van der Waals surface area contributed by atoms with Crippen molar-refractivity contribution in [3.63, 3.8) is 0 Å². The van der Waals surface area contributed by atoms with Crippen molar-refractivity contribution in [3.8, 4) is 0 Å². The predicted octanol–water partition coefficient (Wildman–Crippen LogP) is 1.26. The minimum Gasteiger partial charge on any atom is -0.465 e. The topological polar surface area (TPSA) is 100 Å². The van der Waals surface area contributed by atoms with Gasteiger partial charge in [0, 0.05) is 32.4 Å². The average molecular weight is 368 g/mol. The van der Waals surface area contributed by atoms with Gasteiger partial charge in [0.1, 0.15) is 11.2 Å². The van der Waals surface area contributed by atoms with Gasteiger partial charge in [0.2, 0.25) is 0 Å². The average Bonchev–Trinajstić information content (AvgIpc) is 2.94. The highest BCUT2D eigenvalue weighted by atomic mass is 79.9. The summed E-state index contributed by atoms with van der Waals surface area (Å²) in [4.78, 5) is 33.2. The van der Waals surface area contributed by atoms with Gasteiger partial charge in [0.05, 0.1) is 16.3 Å². The van der Waals surface area contributed by atoms with Gasteiger partial charge in [-0.05, 0) is 22.4 Å². The van der Waals surface area contributed by atoms with Crippen LogP contribution in [-0.2, 0) is 7.05 Å². The first-order valence-corrected chi connectivity index (χ1v) is 7.51. The maximum Gasteiger partial charge on any atom is 0.407 e. The lowest BCUT2D eigenvalue weighted by Gasteiger charge is -2.16. The maximum atomic E-state index is 12.4. The molecule has 3 heterocycles. The highest BCUT2D eigenvalue weighted by Gasteiger charge is 2.27. The van der Waals surface area contributed by atoms with Gasteiger partial charge in [-0.15, -0.1) is 0 Å². The zero-order valence-electron chi connectivity index (χ0n) is 11.8. The largest absolute Gasteiger partial charge is 0.465 e. The summed E-state index contributed by atoms with van der Waals surface area (Å²) >= 11 is 3.34. The van der Waals surface area contributed by atoms with Crippen LogP contribution in [0.1, 0.15) is 6.42 Å². The van der Waals surface area contributed by atoms with Crippen molar-refractivity contribution in [1.82, 2.24) is 19.4 Å². The second kappa shape index (κ2) is 5.56. The number of anilines is 1. The van der Waals surface area contributed by atoms with Gasteiger partial charge in [-0.2, -0.15) is 0 Å². The van der Waals surface area contributed by atoms with Gasteiger partial charge >= 0.3 is 6.09 Å². The molecule has 1 saturated heterocycles. The van der Waals surface area contributed by atoms with Gasteiger partial charge in [-0.1, -0.05) is 0 Å². The van der Waals surface area contributed by atoms with Crippen molar-refractivity contribution < 1.29 is 9.90 Å². The molecule has 2 N–H and O–H groups in total. The number of carbonyl (C=O) groups is 1. The number of carboxylic acid groups (broad SMARTS) is 1. The van der Waals surface area contributed by atoms with E-state index in [4.69, 9.17) is 5.11 Å². The fourth-order valence-corrected chi connectivity index (χ4v) is 2.94. The molecule has 1 atom stereocenters. The van der Waals surface area contributed by atoms with Crippen molar-refractivity contribution in [2.75, 3.05) is 18.4 Å². The van der Waals surface area contributed by atoms with E-state index in [1.54, 1.807) is 13.2 Å². The number of amides is 1. The molecule has 0 aliphatic carbocycles. The van der Waals surface area contributed by atoms with E-state index in [9.17, 15) is 9.59 Å². The molecule has 0 spiro atoms. The van der Waals surface area contributed by atoms with Gasteiger partial charge in [-0.25, -0.2) is 14.8 Å². The minimum absolute atomic E-state index is 0.0714. The number of likely N-dealkylation sites (tertiary alicyclic amines) is 1. The minimum atomic E-state index is -0.935. The van der Waals surface area contributed by atoms with Crippen LogP contribution in [0.5, 0.6) is 0 Å². The third-order valence-corrected chi connectivity index (χ3v) is 4.28. The highest BCUT2D eigenvalue weighted by molar-refractivity contribution is 9.10. The molecule has 3 rings (SSSR count). The Kier molecular flexibility index (Phi) is 3.73. The molecule has 2 aromatic rings. The van der Waals surface area contributed by atoms with E-state index in [-0.39, 0.29) is 11.6 Å². The van der Waals surface area contributed by atoms with Crippen molar-refractivity contribution in [1.29, 1.82) is 0 Å². The number of rotatable bonds is 2. The first-order valence-electron chi connectivity index (χ1n) is 6.71. The molecule has 1 aliphatic heterocycles. The lowest BCUT2D eigenvalue weighted by Crippen LogP contribution is -2.30. The van der Waals surface area contributed by atoms with Crippen LogP contribution in [0.3, 0.4) is 0 Å². The number of aromatic nitrogens is 3. The molecule has 0 bridgehead atoms. The standard InChI is InChI=1S/C13H14BrN5O3/c1-18-6-16-10-8(14)4-15-11(9(10)12(18)20)17-7-2-3-19(5-7)13(21)22/h4,6-7H,2-3,5H2,1H3,(H,15,17)(H,21,22)/t7-/m0/s1. The number of nitrogens with one attached hydrogen (secondary N) is 1. The molecule has 0 unspecified atom stereocenters. The third-order valence-electron chi connectivity index (χ3n) is 3.70. The molecule has 8 nitrogen and oxygen atoms in total. The summed E-state index contributed by atoms with van der Waals surface area (Å²) in [5.41, 5.74) is 0.336. The molecule has 0 saturated carbocycles. The Morgan fingerprint density at radius 3 is 2.95 bits per heavy atom. The summed E-state index contributed by atoms with van der Waals surface area (Å²) in [5.74, 6) is 0.434. The number of halogens is 1. The summed E-state index contributed by atoms with van der Waals surface area (Å²) < 4.78 is 2.03. The van der Waals surface area contributed by atoms with Gasteiger partial charge < -0.3 is 19.9 Å². The van der Waals surface area contributed by atoms with Crippen LogP contribution in [0.15, 0.2) is 21.8 Å². The predicted molar refractivity (Wildman–Crippen MR) is 84.1 cm³/mol. The molecule has 116 valence electrons. The van der Waals surface area contributed by atoms with E-state index in [0.717, 1.165) is 0 Å². The van der Waals surface area contributed by atoms with E-state index in [2.05, 4.69) is 31.2 Å². The van der Waals surface area contributed by atoms with Crippen molar-refractivity contribution >= 4 is 38.7 Å². The molecule has 0 aromatic carbocycles. The Balaban J connectivity index is 1.98. The van der Waals surface area contributed by atoms with E-state index in [1.165, 1.54) is 15.8 Å². The van der Waals surface area contributed by atoms with Crippen LogP contribution in [0.2, 0.25) is 0 Å². The molecule has 1 amide bonds. The second-order valence-electron chi connectivity index (χ2n) is 5.20. The maximum absolute atomic E-state index is 12.4. The summed E-state index contributed by atoms with van der Waals surface area (Å²) in [6.45, 7) is 0.840. The van der Waals surface area contributed by atoms with Gasteiger partial charge in [0.25, 0.3) is 5.56 Å². The zero-order valence-corrected chi connectivity index (χ0v) is 13.4. The quantitative estimate of drug-likeness (QED) is 0.828.